The molecule has 1 aliphatic heterocycles. The van der Waals surface area contributed by atoms with Crippen LogP contribution in [-0.4, -0.2) is 32.9 Å². The van der Waals surface area contributed by atoms with E-state index >= 15 is 0 Å². The third-order valence-electron chi connectivity index (χ3n) is 4.91. The van der Waals surface area contributed by atoms with Crippen LogP contribution < -0.4 is 5.56 Å². The predicted octanol–water partition coefficient (Wildman–Crippen LogP) is 1.64. The molecule has 114 valence electrons. The van der Waals surface area contributed by atoms with Crippen molar-refractivity contribution in [3.8, 4) is 0 Å². The summed E-state index contributed by atoms with van der Waals surface area (Å²) in [6, 6.07) is 6.05. The number of rotatable bonds is 2. The Morgan fingerprint density at radius 2 is 2.27 bits per heavy atom. The summed E-state index contributed by atoms with van der Waals surface area (Å²) in [4.78, 5) is 26.5. The molecule has 0 saturated carbocycles. The Morgan fingerprint density at radius 3 is 3.09 bits per heavy atom. The van der Waals surface area contributed by atoms with E-state index in [0.717, 1.165) is 55.3 Å². The van der Waals surface area contributed by atoms with Gasteiger partial charge in [0.1, 0.15) is 5.82 Å². The second kappa shape index (κ2) is 5.32. The van der Waals surface area contributed by atoms with Gasteiger partial charge in [-0.2, -0.15) is 0 Å². The van der Waals surface area contributed by atoms with Crippen molar-refractivity contribution in [3.05, 3.63) is 57.5 Å². The van der Waals surface area contributed by atoms with Gasteiger partial charge in [0.25, 0.3) is 5.56 Å². The third kappa shape index (κ3) is 2.35. The van der Waals surface area contributed by atoms with Gasteiger partial charge in [-0.3, -0.25) is 14.7 Å². The molecular weight excluding hydrogens is 276 g/mol. The molecular formula is C17H20N4O. The monoisotopic (exact) mass is 296 g/mol. The topological polar surface area (TPSA) is 61.9 Å². The molecule has 3 heterocycles. The number of hydrogen-bond donors (Lipinski definition) is 1. The van der Waals surface area contributed by atoms with Gasteiger partial charge in [0, 0.05) is 37.3 Å². The first-order valence-corrected chi connectivity index (χ1v) is 7.92. The summed E-state index contributed by atoms with van der Waals surface area (Å²) in [5.41, 5.74) is 3.12. The molecule has 4 rings (SSSR count). The van der Waals surface area contributed by atoms with Crippen molar-refractivity contribution in [3.63, 3.8) is 0 Å². The lowest BCUT2D eigenvalue weighted by molar-refractivity contribution is 0.310. The maximum atomic E-state index is 12.1. The maximum Gasteiger partial charge on any atom is 0.254 e. The standard InChI is InChI=1S/C17H20N4O/c1-11-19-16-14(17(22)20-11)6-5-12-8-21(10-15(12)16)9-13-4-2-3-7-18-13/h2-4,7,12,15H,5-6,8-10H2,1H3,(H,19,20,22)/t12-,15+/m1/s1. The molecule has 5 nitrogen and oxygen atoms in total. The van der Waals surface area contributed by atoms with E-state index in [-0.39, 0.29) is 5.56 Å². The number of hydrogen-bond acceptors (Lipinski definition) is 4. The molecule has 1 saturated heterocycles. The number of aromatic nitrogens is 3. The summed E-state index contributed by atoms with van der Waals surface area (Å²) in [6.07, 6.45) is 3.79. The van der Waals surface area contributed by atoms with Gasteiger partial charge >= 0.3 is 0 Å². The SMILES string of the molecule is Cc1nc2c(c(=O)[nH]1)CC[C@@H]1CN(Cc3ccccn3)C[C@H]21. The predicted molar refractivity (Wildman–Crippen MR) is 83.7 cm³/mol. The van der Waals surface area contributed by atoms with Crippen LogP contribution in [0.25, 0.3) is 0 Å². The van der Waals surface area contributed by atoms with Gasteiger partial charge in [-0.25, -0.2) is 4.98 Å². The summed E-state index contributed by atoms with van der Waals surface area (Å²) in [5.74, 6) is 1.74. The Morgan fingerprint density at radius 1 is 1.36 bits per heavy atom. The summed E-state index contributed by atoms with van der Waals surface area (Å²) in [7, 11) is 0. The second-order valence-electron chi connectivity index (χ2n) is 6.44. The van der Waals surface area contributed by atoms with Crippen molar-refractivity contribution >= 4 is 0 Å². The first-order chi connectivity index (χ1) is 10.7. The number of aromatic amines is 1. The second-order valence-corrected chi connectivity index (χ2v) is 6.44. The van der Waals surface area contributed by atoms with Crippen molar-refractivity contribution < 1.29 is 0 Å². The molecule has 0 bridgehead atoms. The van der Waals surface area contributed by atoms with Gasteiger partial charge in [-0.15, -0.1) is 0 Å². The molecule has 2 aromatic heterocycles. The zero-order valence-electron chi connectivity index (χ0n) is 12.7. The highest BCUT2D eigenvalue weighted by molar-refractivity contribution is 5.28. The minimum absolute atomic E-state index is 0.0594. The van der Waals surface area contributed by atoms with Crippen LogP contribution >= 0.6 is 0 Å². The zero-order valence-corrected chi connectivity index (χ0v) is 12.7. The number of nitrogens with one attached hydrogen (secondary N) is 1. The Labute approximate surface area is 129 Å². The van der Waals surface area contributed by atoms with Crippen molar-refractivity contribution in [2.45, 2.75) is 32.2 Å². The minimum Gasteiger partial charge on any atom is -0.311 e. The molecule has 22 heavy (non-hydrogen) atoms. The highest BCUT2D eigenvalue weighted by atomic mass is 16.1. The van der Waals surface area contributed by atoms with Crippen molar-refractivity contribution in [2.75, 3.05) is 13.1 Å². The highest BCUT2D eigenvalue weighted by Gasteiger charge is 2.39. The van der Waals surface area contributed by atoms with E-state index in [0.29, 0.717) is 11.8 Å². The normalized spacial score (nSPS) is 24.0. The number of nitrogens with zero attached hydrogens (tertiary/aromatic N) is 3. The maximum absolute atomic E-state index is 12.1. The van der Waals surface area contributed by atoms with Crippen LogP contribution in [0.3, 0.4) is 0 Å². The summed E-state index contributed by atoms with van der Waals surface area (Å²) in [5, 5.41) is 0. The smallest absolute Gasteiger partial charge is 0.254 e. The first kappa shape index (κ1) is 13.6. The third-order valence-corrected chi connectivity index (χ3v) is 4.91. The van der Waals surface area contributed by atoms with Gasteiger partial charge < -0.3 is 4.98 Å². The van der Waals surface area contributed by atoms with Crippen LogP contribution in [-0.2, 0) is 13.0 Å². The van der Waals surface area contributed by atoms with E-state index in [1.54, 1.807) is 0 Å². The number of fused-ring (bicyclic) bond motifs is 3. The average Bonchev–Trinajstić information content (AvgIpc) is 2.91. The van der Waals surface area contributed by atoms with Crippen LogP contribution in [0.15, 0.2) is 29.2 Å². The Kier molecular flexibility index (Phi) is 3.30. The molecule has 2 aromatic rings. The molecule has 5 heteroatoms. The molecule has 2 atom stereocenters. The van der Waals surface area contributed by atoms with Crippen LogP contribution in [0.1, 0.15) is 35.1 Å². The number of aryl methyl sites for hydroxylation is 1. The molecule has 0 aromatic carbocycles. The van der Waals surface area contributed by atoms with Gasteiger partial charge in [-0.1, -0.05) is 6.07 Å². The Hall–Kier alpha value is -2.01. The van der Waals surface area contributed by atoms with E-state index in [2.05, 4.69) is 25.9 Å². The van der Waals surface area contributed by atoms with Gasteiger partial charge in [0.05, 0.1) is 11.4 Å². The van der Waals surface area contributed by atoms with Crippen molar-refractivity contribution in [1.82, 2.24) is 19.9 Å². The average molecular weight is 296 g/mol. The quantitative estimate of drug-likeness (QED) is 0.915. The molecule has 1 N–H and O–H groups in total. The van der Waals surface area contributed by atoms with E-state index in [1.807, 2.05) is 25.3 Å². The summed E-state index contributed by atoms with van der Waals surface area (Å²) in [6.45, 7) is 4.80. The largest absolute Gasteiger partial charge is 0.311 e. The molecule has 0 amide bonds. The fourth-order valence-electron chi connectivity index (χ4n) is 3.92. The van der Waals surface area contributed by atoms with E-state index in [4.69, 9.17) is 0 Å². The lowest BCUT2D eigenvalue weighted by Gasteiger charge is -2.25. The number of pyridine rings is 1. The van der Waals surface area contributed by atoms with Gasteiger partial charge in [0.15, 0.2) is 0 Å². The zero-order chi connectivity index (χ0) is 15.1. The van der Waals surface area contributed by atoms with Gasteiger partial charge in [-0.05, 0) is 37.8 Å². The van der Waals surface area contributed by atoms with Crippen molar-refractivity contribution in [2.24, 2.45) is 5.92 Å². The van der Waals surface area contributed by atoms with Gasteiger partial charge in [0.2, 0.25) is 0 Å². The number of likely N-dealkylation sites (tertiary alicyclic amines) is 1. The molecule has 1 fully saturated rings. The van der Waals surface area contributed by atoms with E-state index < -0.39 is 0 Å². The fourth-order valence-corrected chi connectivity index (χ4v) is 3.92. The molecule has 0 unspecified atom stereocenters. The first-order valence-electron chi connectivity index (χ1n) is 7.92. The lowest BCUT2D eigenvalue weighted by Crippen LogP contribution is -2.28. The molecule has 2 aliphatic rings. The Bertz CT molecular complexity index is 740. The minimum atomic E-state index is 0.0594. The van der Waals surface area contributed by atoms with Crippen LogP contribution in [0, 0.1) is 12.8 Å². The van der Waals surface area contributed by atoms with E-state index in [9.17, 15) is 4.79 Å². The summed E-state index contributed by atoms with van der Waals surface area (Å²) < 4.78 is 0. The summed E-state index contributed by atoms with van der Waals surface area (Å²) >= 11 is 0. The van der Waals surface area contributed by atoms with E-state index in [1.165, 1.54) is 0 Å². The van der Waals surface area contributed by atoms with Crippen LogP contribution in [0.2, 0.25) is 0 Å². The van der Waals surface area contributed by atoms with Crippen LogP contribution in [0.4, 0.5) is 0 Å². The Balaban J connectivity index is 1.59. The van der Waals surface area contributed by atoms with Crippen molar-refractivity contribution in [1.29, 1.82) is 0 Å². The highest BCUT2D eigenvalue weighted by Crippen LogP contribution is 2.39. The molecule has 0 radical (unpaired) electrons. The molecule has 0 spiro atoms. The fraction of sp³-hybridized carbons (Fsp3) is 0.471. The number of H-pyrrole nitrogens is 1. The lowest BCUT2D eigenvalue weighted by atomic mass is 9.80. The van der Waals surface area contributed by atoms with Crippen LogP contribution in [0.5, 0.6) is 0 Å². The molecule has 1 aliphatic carbocycles.